The summed E-state index contributed by atoms with van der Waals surface area (Å²) in [7, 11) is -3.94. The fourth-order valence-electron chi connectivity index (χ4n) is 2.68. The number of sulfonamides is 1. The molecular weight excluding hydrogens is 319 g/mol. The maximum absolute atomic E-state index is 12.5. The number of aliphatic hydroxyl groups is 1. The van der Waals surface area contributed by atoms with E-state index in [1.54, 1.807) is 24.3 Å². The molecule has 1 aliphatic heterocycles. The van der Waals surface area contributed by atoms with E-state index in [1.807, 2.05) is 0 Å². The zero-order valence-corrected chi connectivity index (χ0v) is 12.0. The summed E-state index contributed by atoms with van der Waals surface area (Å²) in [5, 5.41) is 10.7. The molecule has 0 saturated heterocycles. The zero-order chi connectivity index (χ0) is 16.1. The van der Waals surface area contributed by atoms with E-state index in [-0.39, 0.29) is 4.90 Å². The van der Waals surface area contributed by atoms with Crippen LogP contribution in [0, 0.1) is 0 Å². The van der Waals surface area contributed by atoms with Crippen molar-refractivity contribution in [2.24, 2.45) is 0 Å². The lowest BCUT2D eigenvalue weighted by atomic mass is 10.1. The van der Waals surface area contributed by atoms with Crippen LogP contribution in [0.5, 0.6) is 0 Å². The van der Waals surface area contributed by atoms with Gasteiger partial charge in [-0.1, -0.05) is 24.3 Å². The van der Waals surface area contributed by atoms with Crippen molar-refractivity contribution >= 4 is 26.5 Å². The molecule has 1 unspecified atom stereocenters. The Kier molecular flexibility index (Phi) is 3.33. The van der Waals surface area contributed by atoms with Crippen molar-refractivity contribution in [1.82, 2.24) is 0 Å². The predicted octanol–water partition coefficient (Wildman–Crippen LogP) is 2.66. The first-order chi connectivity index (χ1) is 10.2. The second-order valence-corrected chi connectivity index (χ2v) is 6.97. The summed E-state index contributed by atoms with van der Waals surface area (Å²) in [5.41, 5.74) is 0.300. The number of aliphatic hydroxyl groups excluding tert-OH is 1. The molecule has 1 atom stereocenters. The number of alkyl halides is 3. The maximum Gasteiger partial charge on any atom is 0.391 e. The molecule has 0 radical (unpaired) electrons. The first-order valence-corrected chi connectivity index (χ1v) is 7.93. The molecule has 1 N–H and O–H groups in total. The number of hydrogen-bond acceptors (Lipinski definition) is 3. The molecule has 118 valence electrons. The number of hydrogen-bond donors (Lipinski definition) is 1. The summed E-state index contributed by atoms with van der Waals surface area (Å²) in [6.45, 7) is -0.629. The standard InChI is InChI=1S/C14H12F3NO3S/c15-14(16,17)7-10(19)8-18-11-5-1-3-9-4-2-6-12(13(9)11)22(18,20)21/h1-6,10,19H,7-8H2. The number of halogens is 3. The second-order valence-electron chi connectivity index (χ2n) is 5.14. The molecule has 3 rings (SSSR count). The predicted molar refractivity (Wildman–Crippen MR) is 75.2 cm³/mol. The van der Waals surface area contributed by atoms with E-state index in [2.05, 4.69) is 0 Å². The average Bonchev–Trinajstić information content (AvgIpc) is 2.61. The third-order valence-corrected chi connectivity index (χ3v) is 5.35. The van der Waals surface area contributed by atoms with Gasteiger partial charge in [-0.15, -0.1) is 0 Å². The summed E-state index contributed by atoms with van der Waals surface area (Å²) >= 11 is 0. The van der Waals surface area contributed by atoms with Crippen molar-refractivity contribution in [3.8, 4) is 0 Å². The zero-order valence-electron chi connectivity index (χ0n) is 11.2. The maximum atomic E-state index is 12.5. The molecule has 0 spiro atoms. The Labute approximate surface area is 124 Å². The monoisotopic (exact) mass is 331 g/mol. The number of benzene rings is 2. The van der Waals surface area contributed by atoms with Gasteiger partial charge in [0.25, 0.3) is 10.0 Å². The van der Waals surface area contributed by atoms with Gasteiger partial charge < -0.3 is 5.11 Å². The number of rotatable bonds is 3. The van der Waals surface area contributed by atoms with Crippen LogP contribution in [0.4, 0.5) is 18.9 Å². The van der Waals surface area contributed by atoms with E-state index in [9.17, 15) is 26.7 Å². The van der Waals surface area contributed by atoms with E-state index in [4.69, 9.17) is 0 Å². The number of β-amino-alcohol motifs (C(OH)–C–C–N with tert-alkyl or cyclic N) is 1. The first-order valence-electron chi connectivity index (χ1n) is 6.49. The van der Waals surface area contributed by atoms with Gasteiger partial charge in [-0.05, 0) is 17.5 Å². The van der Waals surface area contributed by atoms with Crippen LogP contribution in [0.3, 0.4) is 0 Å². The van der Waals surface area contributed by atoms with E-state index in [0.29, 0.717) is 16.5 Å². The van der Waals surface area contributed by atoms with E-state index in [0.717, 1.165) is 4.31 Å². The largest absolute Gasteiger partial charge is 0.391 e. The number of anilines is 1. The third kappa shape index (κ3) is 2.42. The van der Waals surface area contributed by atoms with Crippen LogP contribution in [-0.2, 0) is 10.0 Å². The molecule has 22 heavy (non-hydrogen) atoms. The second kappa shape index (κ2) is 4.85. The van der Waals surface area contributed by atoms with E-state index in [1.165, 1.54) is 12.1 Å². The molecule has 0 bridgehead atoms. The Bertz CT molecular complexity index is 828. The average molecular weight is 331 g/mol. The molecular formula is C14H12F3NO3S. The lowest BCUT2D eigenvalue weighted by Gasteiger charge is -2.22. The molecule has 1 heterocycles. The Hall–Kier alpha value is -1.80. The Morgan fingerprint density at radius 1 is 1.14 bits per heavy atom. The third-order valence-electron chi connectivity index (χ3n) is 3.52. The van der Waals surface area contributed by atoms with Crippen molar-refractivity contribution in [3.63, 3.8) is 0 Å². The van der Waals surface area contributed by atoms with Crippen LogP contribution in [-0.4, -0.2) is 32.3 Å². The molecule has 0 fully saturated rings. The van der Waals surface area contributed by atoms with Gasteiger partial charge in [0.1, 0.15) is 0 Å². The summed E-state index contributed by atoms with van der Waals surface area (Å²) in [5.74, 6) is 0. The SMILES string of the molecule is O=S1(=O)c2cccc3cccc(c23)N1CC(O)CC(F)(F)F. The van der Waals surface area contributed by atoms with Crippen molar-refractivity contribution < 1.29 is 26.7 Å². The Morgan fingerprint density at radius 3 is 2.41 bits per heavy atom. The highest BCUT2D eigenvalue weighted by molar-refractivity contribution is 7.93. The van der Waals surface area contributed by atoms with Gasteiger partial charge in [0, 0.05) is 5.39 Å². The lowest BCUT2D eigenvalue weighted by Crippen LogP contribution is -2.37. The van der Waals surface area contributed by atoms with Gasteiger partial charge in [-0.25, -0.2) is 8.42 Å². The minimum atomic E-state index is -4.55. The fourth-order valence-corrected chi connectivity index (χ4v) is 4.43. The highest BCUT2D eigenvalue weighted by atomic mass is 32.2. The quantitative estimate of drug-likeness (QED) is 0.941. The van der Waals surface area contributed by atoms with Crippen molar-refractivity contribution in [1.29, 1.82) is 0 Å². The van der Waals surface area contributed by atoms with Gasteiger partial charge in [-0.2, -0.15) is 13.2 Å². The highest BCUT2D eigenvalue weighted by Gasteiger charge is 2.39. The highest BCUT2D eigenvalue weighted by Crippen LogP contribution is 2.42. The lowest BCUT2D eigenvalue weighted by molar-refractivity contribution is -0.152. The van der Waals surface area contributed by atoms with E-state index < -0.39 is 35.3 Å². The molecule has 4 nitrogen and oxygen atoms in total. The molecule has 8 heteroatoms. The summed E-state index contributed by atoms with van der Waals surface area (Å²) < 4.78 is 62.9. The molecule has 0 aliphatic carbocycles. The summed E-state index contributed by atoms with van der Waals surface area (Å²) in [6.07, 6.45) is -7.83. The van der Waals surface area contributed by atoms with Crippen LogP contribution in [0.2, 0.25) is 0 Å². The number of nitrogens with zero attached hydrogens (tertiary/aromatic N) is 1. The molecule has 0 aromatic heterocycles. The van der Waals surface area contributed by atoms with Gasteiger partial charge in [0.05, 0.1) is 29.7 Å². The molecule has 0 amide bonds. The van der Waals surface area contributed by atoms with Crippen LogP contribution < -0.4 is 4.31 Å². The minimum absolute atomic E-state index is 0.0554. The smallest absolute Gasteiger partial charge is 0.391 e. The summed E-state index contributed by atoms with van der Waals surface area (Å²) in [4.78, 5) is 0.0554. The summed E-state index contributed by atoms with van der Waals surface area (Å²) in [6, 6.07) is 9.61. The minimum Gasteiger partial charge on any atom is -0.391 e. The van der Waals surface area contributed by atoms with Crippen LogP contribution in [0.25, 0.3) is 10.8 Å². The van der Waals surface area contributed by atoms with Crippen molar-refractivity contribution in [3.05, 3.63) is 36.4 Å². The van der Waals surface area contributed by atoms with Gasteiger partial charge in [0.2, 0.25) is 0 Å². The van der Waals surface area contributed by atoms with Crippen LogP contribution in [0.15, 0.2) is 41.3 Å². The fraction of sp³-hybridized carbons (Fsp3) is 0.286. The van der Waals surface area contributed by atoms with Gasteiger partial charge in [0.15, 0.2) is 0 Å². The van der Waals surface area contributed by atoms with Crippen molar-refractivity contribution in [2.75, 3.05) is 10.8 Å². The van der Waals surface area contributed by atoms with Gasteiger partial charge in [-0.3, -0.25) is 4.31 Å². The Balaban J connectivity index is 2.03. The van der Waals surface area contributed by atoms with Crippen LogP contribution >= 0.6 is 0 Å². The van der Waals surface area contributed by atoms with Gasteiger partial charge >= 0.3 is 6.18 Å². The van der Waals surface area contributed by atoms with Crippen molar-refractivity contribution in [2.45, 2.75) is 23.6 Å². The Morgan fingerprint density at radius 2 is 1.77 bits per heavy atom. The molecule has 2 aromatic rings. The topological polar surface area (TPSA) is 57.6 Å². The molecule has 2 aromatic carbocycles. The first kappa shape index (κ1) is 15.1. The van der Waals surface area contributed by atoms with Crippen LogP contribution in [0.1, 0.15) is 6.42 Å². The molecule has 0 saturated carbocycles. The molecule has 1 aliphatic rings. The normalized spacial score (nSPS) is 17.9. The van der Waals surface area contributed by atoms with E-state index >= 15 is 0 Å².